The molecule has 10 heteroatoms. The van der Waals surface area contributed by atoms with E-state index in [0.717, 1.165) is 30.0 Å². The lowest BCUT2D eigenvalue weighted by atomic mass is 10.3. The van der Waals surface area contributed by atoms with Crippen LogP contribution in [0.3, 0.4) is 0 Å². The van der Waals surface area contributed by atoms with E-state index >= 15 is 0 Å². The molecular formula is C15H17FN4O3S2. The van der Waals surface area contributed by atoms with Gasteiger partial charge in [-0.2, -0.15) is 0 Å². The van der Waals surface area contributed by atoms with Crippen LogP contribution in [-0.2, 0) is 16.4 Å². The molecule has 1 heterocycles. The molecule has 7 nitrogen and oxygen atoms in total. The van der Waals surface area contributed by atoms with Crippen molar-refractivity contribution in [2.24, 2.45) is 5.73 Å². The van der Waals surface area contributed by atoms with Crippen molar-refractivity contribution in [1.29, 1.82) is 0 Å². The molecular weight excluding hydrogens is 367 g/mol. The van der Waals surface area contributed by atoms with Crippen molar-refractivity contribution in [3.63, 3.8) is 0 Å². The number of rotatable bonds is 7. The molecule has 0 radical (unpaired) electrons. The number of carbonyl (C=O) groups is 1. The van der Waals surface area contributed by atoms with Gasteiger partial charge in [0.1, 0.15) is 16.4 Å². The van der Waals surface area contributed by atoms with Crippen molar-refractivity contribution in [3.05, 3.63) is 40.1 Å². The molecule has 2 aromatic rings. The Morgan fingerprint density at radius 1 is 1.40 bits per heavy atom. The van der Waals surface area contributed by atoms with Crippen LogP contribution in [0.2, 0.25) is 0 Å². The van der Waals surface area contributed by atoms with Crippen LogP contribution in [-0.4, -0.2) is 31.9 Å². The Bertz CT molecular complexity index is 894. The summed E-state index contributed by atoms with van der Waals surface area (Å²) in [5.74, 6) is -1.37. The quantitative estimate of drug-likeness (QED) is 0.669. The molecule has 134 valence electrons. The summed E-state index contributed by atoms with van der Waals surface area (Å²) in [6.45, 7) is 0.432. The number of halogens is 1. The summed E-state index contributed by atoms with van der Waals surface area (Å²) in [6.07, 6.45) is 2.06. The number of amides is 1. The van der Waals surface area contributed by atoms with E-state index in [1.807, 2.05) is 0 Å². The monoisotopic (exact) mass is 384 g/mol. The Labute approximate surface area is 148 Å². The predicted octanol–water partition coefficient (Wildman–Crippen LogP) is 1.48. The molecule has 4 N–H and O–H groups in total. The minimum atomic E-state index is -3.96. The predicted molar refractivity (Wildman–Crippen MR) is 92.6 cm³/mol. The average molecular weight is 384 g/mol. The van der Waals surface area contributed by atoms with E-state index in [4.69, 9.17) is 5.73 Å². The number of nitrogens with two attached hydrogens (primary N) is 1. The van der Waals surface area contributed by atoms with Crippen molar-refractivity contribution >= 4 is 33.0 Å². The van der Waals surface area contributed by atoms with Gasteiger partial charge in [0.2, 0.25) is 10.0 Å². The largest absolute Gasteiger partial charge is 0.330 e. The van der Waals surface area contributed by atoms with Crippen molar-refractivity contribution < 1.29 is 17.6 Å². The second-order valence-corrected chi connectivity index (χ2v) is 8.29. The molecule has 1 aliphatic rings. The van der Waals surface area contributed by atoms with E-state index in [1.54, 1.807) is 5.38 Å². The first-order valence-corrected chi connectivity index (χ1v) is 10.0. The van der Waals surface area contributed by atoms with Crippen molar-refractivity contribution in [3.8, 4) is 0 Å². The van der Waals surface area contributed by atoms with Crippen molar-refractivity contribution in [1.82, 2.24) is 9.71 Å². The zero-order chi connectivity index (χ0) is 18.0. The van der Waals surface area contributed by atoms with Crippen LogP contribution in [0.15, 0.2) is 28.5 Å². The molecule has 3 rings (SSSR count). The van der Waals surface area contributed by atoms with Gasteiger partial charge in [0, 0.05) is 23.5 Å². The van der Waals surface area contributed by atoms with Gasteiger partial charge in [-0.3, -0.25) is 4.79 Å². The average Bonchev–Trinajstić information content (AvgIpc) is 3.22. The molecule has 0 spiro atoms. The van der Waals surface area contributed by atoms with Crippen LogP contribution in [0.25, 0.3) is 0 Å². The lowest BCUT2D eigenvalue weighted by Gasteiger charge is -2.09. The smallest absolute Gasteiger partial charge is 0.275 e. The molecule has 0 unspecified atom stereocenters. The summed E-state index contributed by atoms with van der Waals surface area (Å²) in [4.78, 5) is 15.9. The fourth-order valence-corrected chi connectivity index (χ4v) is 4.32. The number of carbonyl (C=O) groups excluding carboxylic acids is 1. The maximum absolute atomic E-state index is 13.9. The van der Waals surface area contributed by atoms with Crippen LogP contribution < -0.4 is 15.8 Å². The third-order valence-corrected chi connectivity index (χ3v) is 5.96. The van der Waals surface area contributed by atoms with E-state index in [2.05, 4.69) is 15.0 Å². The molecule has 25 heavy (non-hydrogen) atoms. The fourth-order valence-electron chi connectivity index (χ4n) is 2.12. The zero-order valence-electron chi connectivity index (χ0n) is 13.2. The summed E-state index contributed by atoms with van der Waals surface area (Å²) < 4.78 is 40.7. The van der Waals surface area contributed by atoms with Gasteiger partial charge in [0.15, 0.2) is 0 Å². The molecule has 1 aromatic carbocycles. The maximum Gasteiger partial charge on any atom is 0.275 e. The number of aromatic nitrogens is 1. The standard InChI is InChI=1S/C15H17FN4O3S2/c16-11-4-3-10(7-13(11)25(22,23)20-9-1-2-9)18-15(21)12-8-24-14(19-12)5-6-17/h3-4,7-9,20H,1-2,5-6,17H2,(H,18,21). The number of benzene rings is 1. The van der Waals surface area contributed by atoms with Crippen molar-refractivity contribution in [2.45, 2.75) is 30.2 Å². The number of thiazole rings is 1. The van der Waals surface area contributed by atoms with Gasteiger partial charge in [-0.1, -0.05) is 0 Å². The van der Waals surface area contributed by atoms with Gasteiger partial charge in [-0.25, -0.2) is 22.5 Å². The maximum atomic E-state index is 13.9. The van der Waals surface area contributed by atoms with Crippen molar-refractivity contribution in [2.75, 3.05) is 11.9 Å². The Morgan fingerprint density at radius 2 is 2.16 bits per heavy atom. The minimum absolute atomic E-state index is 0.140. The first kappa shape index (κ1) is 17.9. The van der Waals surface area contributed by atoms with Crippen LogP contribution in [0, 0.1) is 5.82 Å². The van der Waals surface area contributed by atoms with Gasteiger partial charge < -0.3 is 11.1 Å². The lowest BCUT2D eigenvalue weighted by Crippen LogP contribution is -2.26. The highest BCUT2D eigenvalue weighted by Gasteiger charge is 2.30. The highest BCUT2D eigenvalue weighted by atomic mass is 32.2. The van der Waals surface area contributed by atoms with E-state index < -0.39 is 26.6 Å². The van der Waals surface area contributed by atoms with Crippen LogP contribution >= 0.6 is 11.3 Å². The summed E-state index contributed by atoms with van der Waals surface area (Å²) in [7, 11) is -3.96. The number of hydrogen-bond donors (Lipinski definition) is 3. The topological polar surface area (TPSA) is 114 Å². The molecule has 1 aromatic heterocycles. The number of sulfonamides is 1. The molecule has 0 bridgehead atoms. The SMILES string of the molecule is NCCc1nc(C(=O)Nc2ccc(F)c(S(=O)(=O)NC3CC3)c2)cs1. The third-order valence-electron chi connectivity index (χ3n) is 3.52. The highest BCUT2D eigenvalue weighted by molar-refractivity contribution is 7.89. The van der Waals surface area contributed by atoms with Gasteiger partial charge >= 0.3 is 0 Å². The molecule has 0 saturated heterocycles. The molecule has 1 saturated carbocycles. The summed E-state index contributed by atoms with van der Waals surface area (Å²) in [5.41, 5.74) is 5.83. The molecule has 1 amide bonds. The fraction of sp³-hybridized carbons (Fsp3) is 0.333. The summed E-state index contributed by atoms with van der Waals surface area (Å²) >= 11 is 1.32. The molecule has 0 aliphatic heterocycles. The second kappa shape index (κ2) is 7.16. The third kappa shape index (κ3) is 4.40. The molecule has 0 atom stereocenters. The Morgan fingerprint density at radius 3 is 2.84 bits per heavy atom. The van der Waals surface area contributed by atoms with Crippen LogP contribution in [0.4, 0.5) is 10.1 Å². The molecule has 1 fully saturated rings. The number of anilines is 1. The summed E-state index contributed by atoms with van der Waals surface area (Å²) in [6, 6.07) is 3.28. The Kier molecular flexibility index (Phi) is 5.13. The van der Waals surface area contributed by atoms with Crippen LogP contribution in [0.1, 0.15) is 28.3 Å². The Hall–Kier alpha value is -1.88. The zero-order valence-corrected chi connectivity index (χ0v) is 14.8. The van der Waals surface area contributed by atoms with E-state index in [0.29, 0.717) is 13.0 Å². The number of nitrogens with zero attached hydrogens (tertiary/aromatic N) is 1. The lowest BCUT2D eigenvalue weighted by molar-refractivity contribution is 0.102. The van der Waals surface area contributed by atoms with E-state index in [1.165, 1.54) is 17.4 Å². The number of hydrogen-bond acceptors (Lipinski definition) is 6. The van der Waals surface area contributed by atoms with Gasteiger partial charge in [-0.05, 0) is 37.6 Å². The van der Waals surface area contributed by atoms with E-state index in [-0.39, 0.29) is 17.4 Å². The molecule has 1 aliphatic carbocycles. The van der Waals surface area contributed by atoms with Gasteiger partial charge in [-0.15, -0.1) is 11.3 Å². The van der Waals surface area contributed by atoms with Gasteiger partial charge in [0.25, 0.3) is 5.91 Å². The second-order valence-electron chi connectivity index (χ2n) is 5.66. The number of nitrogens with one attached hydrogen (secondary N) is 2. The Balaban J connectivity index is 1.78. The normalized spacial score (nSPS) is 14.5. The van der Waals surface area contributed by atoms with Gasteiger partial charge in [0.05, 0.1) is 5.01 Å². The van der Waals surface area contributed by atoms with E-state index in [9.17, 15) is 17.6 Å². The summed E-state index contributed by atoms with van der Waals surface area (Å²) in [5, 5.41) is 4.87. The first-order valence-electron chi connectivity index (χ1n) is 7.67. The van der Waals surface area contributed by atoms with Crippen LogP contribution in [0.5, 0.6) is 0 Å². The minimum Gasteiger partial charge on any atom is -0.330 e. The highest BCUT2D eigenvalue weighted by Crippen LogP contribution is 2.25. The first-order chi connectivity index (χ1) is 11.9.